The molecule has 2 aromatic carbocycles. The third kappa shape index (κ3) is 6.53. The van der Waals surface area contributed by atoms with Gasteiger partial charge in [-0.15, -0.1) is 0 Å². The molecular weight excluding hydrogens is 530 g/mol. The van der Waals surface area contributed by atoms with Crippen LogP contribution in [0.4, 0.5) is 5.69 Å². The van der Waals surface area contributed by atoms with E-state index in [1.165, 1.54) is 11.8 Å². The highest BCUT2D eigenvalue weighted by atomic mass is 35.5. The second-order valence-electron chi connectivity index (χ2n) is 9.58. The molecule has 1 atom stereocenters. The van der Waals surface area contributed by atoms with Gasteiger partial charge in [-0.1, -0.05) is 49.1 Å². The number of hydrogen-bond donors (Lipinski definition) is 1. The van der Waals surface area contributed by atoms with Crippen molar-refractivity contribution >= 4 is 39.1 Å². The van der Waals surface area contributed by atoms with Crippen molar-refractivity contribution in [2.24, 2.45) is 0 Å². The summed E-state index contributed by atoms with van der Waals surface area (Å²) in [6, 6.07) is 11.0. The van der Waals surface area contributed by atoms with E-state index in [0.29, 0.717) is 22.1 Å². The summed E-state index contributed by atoms with van der Waals surface area (Å²) in [7, 11) is -3.85. The van der Waals surface area contributed by atoms with Crippen molar-refractivity contribution in [3.8, 4) is 11.5 Å². The van der Waals surface area contributed by atoms with Gasteiger partial charge in [-0.3, -0.25) is 13.9 Å². The summed E-state index contributed by atoms with van der Waals surface area (Å²) >= 11 is 6.39. The molecule has 2 amide bonds. The standard InChI is InChI=1S/C27H34ClN3O6S/c1-3-38(34,35)31(22-13-14-24-25(15-22)37-18-36-24)17-26(32)30(16-20-9-7-8-12-23(20)28)19(2)27(33)29-21-10-5-4-6-11-21/h7-9,12-15,19,21H,3-6,10-11,16-18H2,1-2H3,(H,29,33)/t19-/m0/s1. The number of fused-ring (bicyclic) bond motifs is 1. The van der Waals surface area contributed by atoms with Gasteiger partial charge in [0.2, 0.25) is 28.6 Å². The molecule has 38 heavy (non-hydrogen) atoms. The third-order valence-corrected chi connectivity index (χ3v) is 9.15. The van der Waals surface area contributed by atoms with Gasteiger partial charge in [-0.05, 0) is 50.5 Å². The predicted molar refractivity (Wildman–Crippen MR) is 146 cm³/mol. The minimum Gasteiger partial charge on any atom is -0.454 e. The highest BCUT2D eigenvalue weighted by Gasteiger charge is 2.32. The van der Waals surface area contributed by atoms with Gasteiger partial charge in [-0.2, -0.15) is 0 Å². The van der Waals surface area contributed by atoms with Crippen LogP contribution in [0.15, 0.2) is 42.5 Å². The van der Waals surface area contributed by atoms with E-state index >= 15 is 0 Å². The lowest BCUT2D eigenvalue weighted by Gasteiger charge is -2.33. The molecule has 9 nitrogen and oxygen atoms in total. The molecule has 1 N–H and O–H groups in total. The number of amides is 2. The maximum Gasteiger partial charge on any atom is 0.244 e. The number of halogens is 1. The van der Waals surface area contributed by atoms with E-state index in [-0.39, 0.29) is 36.7 Å². The first-order valence-electron chi connectivity index (χ1n) is 12.9. The second kappa shape index (κ2) is 12.3. The van der Waals surface area contributed by atoms with E-state index < -0.39 is 28.5 Å². The van der Waals surface area contributed by atoms with E-state index in [2.05, 4.69) is 5.32 Å². The Kier molecular flexibility index (Phi) is 9.04. The summed E-state index contributed by atoms with van der Waals surface area (Å²) in [6.45, 7) is 2.78. The van der Waals surface area contributed by atoms with Gasteiger partial charge in [0.15, 0.2) is 11.5 Å². The molecular formula is C27H34ClN3O6S. The quantitative estimate of drug-likeness (QED) is 0.467. The molecule has 2 aliphatic rings. The molecule has 0 aromatic heterocycles. The number of carbonyl (C=O) groups is 2. The van der Waals surface area contributed by atoms with Crippen LogP contribution in [-0.4, -0.2) is 56.3 Å². The summed E-state index contributed by atoms with van der Waals surface area (Å²) in [5.41, 5.74) is 0.939. The van der Waals surface area contributed by atoms with E-state index in [4.69, 9.17) is 21.1 Å². The number of hydrogen-bond acceptors (Lipinski definition) is 6. The fourth-order valence-corrected chi connectivity index (χ4v) is 5.97. The number of nitrogens with zero attached hydrogens (tertiary/aromatic N) is 2. The van der Waals surface area contributed by atoms with Crippen molar-refractivity contribution in [3.63, 3.8) is 0 Å². The lowest BCUT2D eigenvalue weighted by molar-refractivity contribution is -0.139. The highest BCUT2D eigenvalue weighted by Crippen LogP contribution is 2.36. The molecule has 1 saturated carbocycles. The number of anilines is 1. The molecule has 4 rings (SSSR count). The minimum absolute atomic E-state index is 0.0392. The number of ether oxygens (including phenoxy) is 2. The molecule has 0 unspecified atom stereocenters. The molecule has 0 saturated heterocycles. The number of carbonyl (C=O) groups excluding carboxylic acids is 2. The lowest BCUT2D eigenvalue weighted by Crippen LogP contribution is -2.53. The molecule has 0 radical (unpaired) electrons. The Morgan fingerprint density at radius 1 is 1.08 bits per heavy atom. The van der Waals surface area contributed by atoms with Crippen molar-refractivity contribution in [1.82, 2.24) is 10.2 Å². The zero-order valence-electron chi connectivity index (χ0n) is 21.7. The normalized spacial score (nSPS) is 16.1. The van der Waals surface area contributed by atoms with Gasteiger partial charge < -0.3 is 19.7 Å². The SMILES string of the molecule is CCS(=O)(=O)N(CC(=O)N(Cc1ccccc1Cl)[C@@H](C)C(=O)NC1CCCCC1)c1ccc2c(c1)OCO2. The van der Waals surface area contributed by atoms with Gasteiger partial charge >= 0.3 is 0 Å². The number of rotatable bonds is 10. The Morgan fingerprint density at radius 2 is 1.79 bits per heavy atom. The largest absolute Gasteiger partial charge is 0.454 e. The first-order valence-corrected chi connectivity index (χ1v) is 14.9. The molecule has 11 heteroatoms. The Labute approximate surface area is 229 Å². The Balaban J connectivity index is 1.61. The van der Waals surface area contributed by atoms with Crippen molar-refractivity contribution in [2.45, 2.75) is 64.6 Å². The molecule has 0 spiro atoms. The average molecular weight is 564 g/mol. The summed E-state index contributed by atoms with van der Waals surface area (Å²) in [4.78, 5) is 28.5. The van der Waals surface area contributed by atoms with Crippen LogP contribution in [0.3, 0.4) is 0 Å². The summed E-state index contributed by atoms with van der Waals surface area (Å²) in [5.74, 6) is -0.102. The van der Waals surface area contributed by atoms with Crippen molar-refractivity contribution in [2.75, 3.05) is 23.4 Å². The monoisotopic (exact) mass is 563 g/mol. The first kappa shape index (κ1) is 28.0. The van der Waals surface area contributed by atoms with Gasteiger partial charge in [0.05, 0.1) is 11.4 Å². The van der Waals surface area contributed by atoms with E-state index in [1.807, 2.05) is 0 Å². The van der Waals surface area contributed by atoms with E-state index in [0.717, 1.165) is 36.4 Å². The van der Waals surface area contributed by atoms with Crippen molar-refractivity contribution in [3.05, 3.63) is 53.1 Å². The molecule has 1 fully saturated rings. The predicted octanol–water partition coefficient (Wildman–Crippen LogP) is 4.09. The van der Waals surface area contributed by atoms with Crippen LogP contribution in [-0.2, 0) is 26.2 Å². The topological polar surface area (TPSA) is 105 Å². The maximum absolute atomic E-state index is 13.8. The molecule has 1 heterocycles. The molecule has 1 aliphatic heterocycles. The third-order valence-electron chi connectivity index (χ3n) is 7.04. The Hall–Kier alpha value is -2.98. The van der Waals surface area contributed by atoms with Gasteiger partial charge in [0, 0.05) is 23.7 Å². The Bertz CT molecular complexity index is 1270. The number of nitrogens with one attached hydrogen (secondary N) is 1. The van der Waals surface area contributed by atoms with Gasteiger partial charge in [-0.25, -0.2) is 8.42 Å². The fourth-order valence-electron chi connectivity index (χ4n) is 4.72. The lowest BCUT2D eigenvalue weighted by atomic mass is 9.95. The highest BCUT2D eigenvalue weighted by molar-refractivity contribution is 7.92. The molecule has 2 aromatic rings. The van der Waals surface area contributed by atoms with Crippen LogP contribution in [0.1, 0.15) is 51.5 Å². The average Bonchev–Trinajstić information content (AvgIpc) is 3.39. The van der Waals surface area contributed by atoms with E-state index in [9.17, 15) is 18.0 Å². The number of sulfonamides is 1. The second-order valence-corrected chi connectivity index (χ2v) is 12.2. The Morgan fingerprint density at radius 3 is 2.50 bits per heavy atom. The molecule has 1 aliphatic carbocycles. The zero-order chi connectivity index (χ0) is 27.3. The van der Waals surface area contributed by atoms with Crippen molar-refractivity contribution in [1.29, 1.82) is 0 Å². The minimum atomic E-state index is -3.85. The molecule has 0 bridgehead atoms. The van der Waals surface area contributed by atoms with Crippen LogP contribution < -0.4 is 19.1 Å². The van der Waals surface area contributed by atoms with Gasteiger partial charge in [0.1, 0.15) is 12.6 Å². The van der Waals surface area contributed by atoms with Crippen LogP contribution in [0.25, 0.3) is 0 Å². The van der Waals surface area contributed by atoms with Crippen LogP contribution >= 0.6 is 11.6 Å². The first-order chi connectivity index (χ1) is 18.2. The van der Waals surface area contributed by atoms with Crippen molar-refractivity contribution < 1.29 is 27.5 Å². The smallest absolute Gasteiger partial charge is 0.244 e. The summed E-state index contributed by atoms with van der Waals surface area (Å²) < 4.78 is 38.1. The van der Waals surface area contributed by atoms with Gasteiger partial charge in [0.25, 0.3) is 0 Å². The maximum atomic E-state index is 13.8. The fraction of sp³-hybridized carbons (Fsp3) is 0.481. The summed E-state index contributed by atoms with van der Waals surface area (Å²) in [6.07, 6.45) is 5.08. The zero-order valence-corrected chi connectivity index (χ0v) is 23.3. The van der Waals surface area contributed by atoms with Crippen LogP contribution in [0.2, 0.25) is 5.02 Å². The van der Waals surface area contributed by atoms with Crippen LogP contribution in [0.5, 0.6) is 11.5 Å². The number of benzene rings is 2. The van der Waals surface area contributed by atoms with E-state index in [1.54, 1.807) is 49.4 Å². The van der Waals surface area contributed by atoms with Crippen LogP contribution in [0, 0.1) is 0 Å². The summed E-state index contributed by atoms with van der Waals surface area (Å²) in [5, 5.41) is 3.54. The molecule has 206 valence electrons.